The highest BCUT2D eigenvalue weighted by Gasteiger charge is 2.24. The maximum atomic E-state index is 14.0. The molecule has 0 saturated heterocycles. The molecule has 0 saturated carbocycles. The van der Waals surface area contributed by atoms with Crippen molar-refractivity contribution in [2.24, 2.45) is 0 Å². The third-order valence-corrected chi connectivity index (χ3v) is 6.91. The summed E-state index contributed by atoms with van der Waals surface area (Å²) >= 11 is 0. The first-order valence-electron chi connectivity index (χ1n) is 13.6. The molecule has 0 spiro atoms. The van der Waals surface area contributed by atoms with Crippen molar-refractivity contribution in [3.05, 3.63) is 181 Å². The van der Waals surface area contributed by atoms with Gasteiger partial charge in [0.25, 0.3) is 0 Å². The SMILES string of the molecule is O=C(O)c1ccc(OC/C=C/Cn2c(=O)n(Cc3ccccc3)c(=O)n(C(c3ccccc3)c3ccccc3)c2=O)cc1. The molecule has 0 unspecified atom stereocenters. The number of nitrogens with zero attached hydrogens (tertiary/aromatic N) is 3. The number of carboxylic acid groups (broad SMARTS) is 1. The molecule has 43 heavy (non-hydrogen) atoms. The molecule has 5 aromatic rings. The van der Waals surface area contributed by atoms with E-state index in [1.807, 2.05) is 91.0 Å². The van der Waals surface area contributed by atoms with Crippen LogP contribution in [0.3, 0.4) is 0 Å². The zero-order valence-electron chi connectivity index (χ0n) is 23.2. The van der Waals surface area contributed by atoms with Crippen LogP contribution in [0.15, 0.2) is 142 Å². The first-order chi connectivity index (χ1) is 20.9. The predicted molar refractivity (Wildman–Crippen MR) is 163 cm³/mol. The summed E-state index contributed by atoms with van der Waals surface area (Å²) < 4.78 is 8.91. The molecule has 0 radical (unpaired) electrons. The molecule has 216 valence electrons. The number of ether oxygens (including phenoxy) is 1. The second-order valence-electron chi connectivity index (χ2n) is 9.74. The maximum Gasteiger partial charge on any atom is 0.337 e. The van der Waals surface area contributed by atoms with Gasteiger partial charge in [0.15, 0.2) is 0 Å². The van der Waals surface area contributed by atoms with E-state index in [9.17, 15) is 19.2 Å². The van der Waals surface area contributed by atoms with Gasteiger partial charge in [0.2, 0.25) is 0 Å². The van der Waals surface area contributed by atoms with Gasteiger partial charge >= 0.3 is 23.0 Å². The molecule has 4 aromatic carbocycles. The lowest BCUT2D eigenvalue weighted by molar-refractivity contribution is 0.0697. The second-order valence-corrected chi connectivity index (χ2v) is 9.74. The first kappa shape index (κ1) is 28.8. The zero-order chi connectivity index (χ0) is 30.2. The zero-order valence-corrected chi connectivity index (χ0v) is 23.2. The number of allylic oxidation sites excluding steroid dienone is 1. The maximum absolute atomic E-state index is 14.0. The molecule has 5 rings (SSSR count). The third kappa shape index (κ3) is 6.62. The molecule has 9 nitrogen and oxygen atoms in total. The monoisotopic (exact) mass is 575 g/mol. The summed E-state index contributed by atoms with van der Waals surface area (Å²) in [6, 6.07) is 32.8. The molecule has 9 heteroatoms. The van der Waals surface area contributed by atoms with Crippen molar-refractivity contribution in [2.75, 3.05) is 6.61 Å². The first-order valence-corrected chi connectivity index (χ1v) is 13.6. The number of carboxylic acids is 1. The Labute approximate surface area is 246 Å². The van der Waals surface area contributed by atoms with E-state index in [2.05, 4.69) is 0 Å². The lowest BCUT2D eigenvalue weighted by Gasteiger charge is -2.22. The van der Waals surface area contributed by atoms with Crippen LogP contribution in [0.1, 0.15) is 33.1 Å². The molecule has 0 aliphatic heterocycles. The molecule has 1 aromatic heterocycles. The highest BCUT2D eigenvalue weighted by atomic mass is 16.5. The summed E-state index contributed by atoms with van der Waals surface area (Å²) in [5, 5.41) is 9.05. The van der Waals surface area contributed by atoms with Crippen molar-refractivity contribution < 1.29 is 14.6 Å². The van der Waals surface area contributed by atoms with Crippen LogP contribution in [0.4, 0.5) is 0 Å². The topological polar surface area (TPSA) is 113 Å². The van der Waals surface area contributed by atoms with Crippen LogP contribution in [0.5, 0.6) is 5.75 Å². The summed E-state index contributed by atoms with van der Waals surface area (Å²) in [6.45, 7) is 0.0221. The van der Waals surface area contributed by atoms with E-state index in [0.29, 0.717) is 5.75 Å². The standard InChI is InChI=1S/C34H29N3O6/c38-31(39)28-18-20-29(21-19-28)43-23-11-10-22-35-32(40)36(24-25-12-4-1-5-13-25)34(42)37(33(35)41)30(26-14-6-2-7-15-26)27-16-8-3-9-17-27/h1-21,30H,22-24H2,(H,38,39)/b11-10+. The molecule has 1 heterocycles. The smallest absolute Gasteiger partial charge is 0.337 e. The summed E-state index contributed by atoms with van der Waals surface area (Å²) in [7, 11) is 0. The van der Waals surface area contributed by atoms with Crippen LogP contribution in [0, 0.1) is 0 Å². The fourth-order valence-corrected chi connectivity index (χ4v) is 4.78. The van der Waals surface area contributed by atoms with Crippen LogP contribution in [0.25, 0.3) is 0 Å². The largest absolute Gasteiger partial charge is 0.490 e. The molecule has 0 fully saturated rings. The lowest BCUT2D eigenvalue weighted by atomic mass is 9.98. The summed E-state index contributed by atoms with van der Waals surface area (Å²) in [5.74, 6) is -0.558. The van der Waals surface area contributed by atoms with Crippen molar-refractivity contribution >= 4 is 5.97 Å². The summed E-state index contributed by atoms with van der Waals surface area (Å²) in [5.41, 5.74) is 0.187. The Bertz CT molecular complexity index is 1850. The van der Waals surface area contributed by atoms with Crippen molar-refractivity contribution in [2.45, 2.75) is 19.1 Å². The van der Waals surface area contributed by atoms with Gasteiger partial charge in [-0.05, 0) is 47.0 Å². The lowest BCUT2D eigenvalue weighted by Crippen LogP contribution is -2.55. The molecule has 0 bridgehead atoms. The van der Waals surface area contributed by atoms with E-state index >= 15 is 0 Å². The number of benzene rings is 4. The van der Waals surface area contributed by atoms with Gasteiger partial charge in [0.1, 0.15) is 12.4 Å². The van der Waals surface area contributed by atoms with E-state index in [0.717, 1.165) is 30.4 Å². The highest BCUT2D eigenvalue weighted by molar-refractivity contribution is 5.87. The molecular formula is C34H29N3O6. The minimum absolute atomic E-state index is 0.00570. The van der Waals surface area contributed by atoms with Crippen molar-refractivity contribution in [3.8, 4) is 5.75 Å². The Morgan fingerprint density at radius 3 is 1.77 bits per heavy atom. The predicted octanol–water partition coefficient (Wildman–Crippen LogP) is 4.19. The minimum Gasteiger partial charge on any atom is -0.490 e. The van der Waals surface area contributed by atoms with Crippen molar-refractivity contribution in [3.63, 3.8) is 0 Å². The van der Waals surface area contributed by atoms with E-state index < -0.39 is 29.1 Å². The van der Waals surface area contributed by atoms with Gasteiger partial charge in [0, 0.05) is 0 Å². The number of rotatable bonds is 11. The fourth-order valence-electron chi connectivity index (χ4n) is 4.78. The second kappa shape index (κ2) is 13.3. The Morgan fingerprint density at radius 2 is 1.21 bits per heavy atom. The molecular weight excluding hydrogens is 546 g/mol. The Morgan fingerprint density at radius 1 is 0.674 bits per heavy atom. The van der Waals surface area contributed by atoms with Gasteiger partial charge in [-0.15, -0.1) is 0 Å². The number of hydrogen-bond acceptors (Lipinski definition) is 5. The van der Waals surface area contributed by atoms with Crippen molar-refractivity contribution in [1.29, 1.82) is 0 Å². The van der Waals surface area contributed by atoms with E-state index in [1.165, 1.54) is 12.1 Å². The summed E-state index contributed by atoms with van der Waals surface area (Å²) in [4.78, 5) is 52.6. The Balaban J connectivity index is 1.54. The van der Waals surface area contributed by atoms with Gasteiger partial charge in [-0.25, -0.2) is 32.9 Å². The van der Waals surface area contributed by atoms with E-state index in [-0.39, 0.29) is 25.3 Å². The Hall–Kier alpha value is -5.70. The van der Waals surface area contributed by atoms with Gasteiger partial charge < -0.3 is 9.84 Å². The van der Waals surface area contributed by atoms with Crippen molar-refractivity contribution in [1.82, 2.24) is 13.7 Å². The summed E-state index contributed by atoms with van der Waals surface area (Å²) in [6.07, 6.45) is 3.27. The van der Waals surface area contributed by atoms with Gasteiger partial charge in [-0.3, -0.25) is 0 Å². The van der Waals surface area contributed by atoms with Crippen LogP contribution in [0.2, 0.25) is 0 Å². The third-order valence-electron chi connectivity index (χ3n) is 6.91. The normalized spacial score (nSPS) is 11.2. The fraction of sp³-hybridized carbons (Fsp3) is 0.118. The molecule has 1 N–H and O–H groups in total. The Kier molecular flexibility index (Phi) is 8.92. The van der Waals surface area contributed by atoms with Gasteiger partial charge in [-0.2, -0.15) is 0 Å². The van der Waals surface area contributed by atoms with Gasteiger partial charge in [-0.1, -0.05) is 97.1 Å². The van der Waals surface area contributed by atoms with E-state index in [4.69, 9.17) is 9.84 Å². The molecule has 0 atom stereocenters. The average Bonchev–Trinajstić information content (AvgIpc) is 3.04. The van der Waals surface area contributed by atoms with Gasteiger partial charge in [0.05, 0.1) is 24.7 Å². The number of aromatic carboxylic acids is 1. The van der Waals surface area contributed by atoms with E-state index in [1.54, 1.807) is 24.3 Å². The average molecular weight is 576 g/mol. The highest BCUT2D eigenvalue weighted by Crippen LogP contribution is 2.24. The minimum atomic E-state index is -1.03. The van der Waals surface area contributed by atoms with Crippen LogP contribution >= 0.6 is 0 Å². The molecule has 0 amide bonds. The quantitative estimate of drug-likeness (QED) is 0.237. The van der Waals surface area contributed by atoms with Crippen LogP contribution < -0.4 is 21.8 Å². The van der Waals surface area contributed by atoms with Crippen LogP contribution in [-0.4, -0.2) is 31.4 Å². The van der Waals surface area contributed by atoms with Crippen LogP contribution in [-0.2, 0) is 13.1 Å². The number of carbonyl (C=O) groups is 1. The molecule has 0 aliphatic rings. The number of aromatic nitrogens is 3. The number of hydrogen-bond donors (Lipinski definition) is 1. The molecule has 0 aliphatic carbocycles.